The van der Waals surface area contributed by atoms with E-state index < -0.39 is 0 Å². The van der Waals surface area contributed by atoms with Crippen LogP contribution in [0, 0.1) is 0 Å². The van der Waals surface area contributed by atoms with Gasteiger partial charge in [0, 0.05) is 23.2 Å². The molecule has 0 atom stereocenters. The summed E-state index contributed by atoms with van der Waals surface area (Å²) in [6.07, 6.45) is 0. The molecule has 0 radical (unpaired) electrons. The molecule has 0 spiro atoms. The molecule has 0 saturated carbocycles. The van der Waals surface area contributed by atoms with E-state index in [1.54, 1.807) is 12.1 Å². The van der Waals surface area contributed by atoms with Crippen molar-refractivity contribution in [2.75, 3.05) is 0 Å². The van der Waals surface area contributed by atoms with Crippen LogP contribution in [-0.4, -0.2) is 16.2 Å². The zero-order valence-electron chi connectivity index (χ0n) is 10.1. The molecule has 0 saturated heterocycles. The monoisotopic (exact) mass is 301 g/mol. The Hall–Kier alpha value is -0.680. The smallest absolute Gasteiger partial charge is 0.149 e. The third-order valence-electron chi connectivity index (χ3n) is 2.29. The van der Waals surface area contributed by atoms with E-state index in [2.05, 4.69) is 29.4 Å². The Morgan fingerprint density at radius 2 is 2.06 bits per heavy atom. The maximum atomic E-state index is 6.14. The number of nitrogens with one attached hydrogen (secondary N) is 1. The summed E-state index contributed by atoms with van der Waals surface area (Å²) in [6.45, 7) is 4.91. The first-order valence-electron chi connectivity index (χ1n) is 5.57. The molecular weight excluding hydrogens is 289 g/mol. The second kappa shape index (κ2) is 5.97. The van der Waals surface area contributed by atoms with Gasteiger partial charge in [-0.15, -0.1) is 10.2 Å². The van der Waals surface area contributed by atoms with E-state index in [9.17, 15) is 0 Å². The molecule has 0 amide bonds. The van der Waals surface area contributed by atoms with Gasteiger partial charge in [0.1, 0.15) is 10.0 Å². The molecule has 6 heteroatoms. The highest BCUT2D eigenvalue weighted by atomic mass is 35.5. The Kier molecular flexibility index (Phi) is 4.56. The van der Waals surface area contributed by atoms with Crippen molar-refractivity contribution >= 4 is 34.5 Å². The second-order valence-electron chi connectivity index (χ2n) is 4.16. The zero-order chi connectivity index (χ0) is 13.1. The Labute approximate surface area is 120 Å². The van der Waals surface area contributed by atoms with Crippen LogP contribution in [0.4, 0.5) is 0 Å². The minimum atomic E-state index is 0.427. The standard InChI is InChI=1S/C12H13Cl2N3S/c1-7(2)15-6-11-16-17-12(18-11)9-4-3-8(13)5-10(9)14/h3-5,7,15H,6H2,1-2H3. The van der Waals surface area contributed by atoms with Crippen molar-refractivity contribution in [1.29, 1.82) is 0 Å². The predicted molar refractivity (Wildman–Crippen MR) is 77.3 cm³/mol. The fourth-order valence-electron chi connectivity index (χ4n) is 1.39. The molecule has 2 rings (SSSR count). The molecule has 0 aliphatic rings. The highest BCUT2D eigenvalue weighted by Crippen LogP contribution is 2.32. The minimum Gasteiger partial charge on any atom is -0.308 e. The van der Waals surface area contributed by atoms with Gasteiger partial charge in [0.25, 0.3) is 0 Å². The van der Waals surface area contributed by atoms with Crippen molar-refractivity contribution in [1.82, 2.24) is 15.5 Å². The van der Waals surface area contributed by atoms with Gasteiger partial charge in [-0.3, -0.25) is 0 Å². The number of rotatable bonds is 4. The summed E-state index contributed by atoms with van der Waals surface area (Å²) in [5, 5.41) is 14.6. The van der Waals surface area contributed by atoms with Crippen LogP contribution in [0.25, 0.3) is 10.6 Å². The summed E-state index contributed by atoms with van der Waals surface area (Å²) in [5.74, 6) is 0. The summed E-state index contributed by atoms with van der Waals surface area (Å²) >= 11 is 13.5. The normalized spacial score (nSPS) is 11.2. The van der Waals surface area contributed by atoms with Gasteiger partial charge in [-0.25, -0.2) is 0 Å². The maximum absolute atomic E-state index is 6.14. The Morgan fingerprint density at radius 3 is 2.72 bits per heavy atom. The van der Waals surface area contributed by atoms with Crippen LogP contribution in [0.5, 0.6) is 0 Å². The van der Waals surface area contributed by atoms with E-state index in [1.165, 1.54) is 11.3 Å². The number of halogens is 2. The van der Waals surface area contributed by atoms with Gasteiger partial charge in [-0.1, -0.05) is 48.4 Å². The van der Waals surface area contributed by atoms with E-state index in [4.69, 9.17) is 23.2 Å². The molecule has 0 unspecified atom stereocenters. The average molecular weight is 302 g/mol. The number of nitrogens with zero attached hydrogens (tertiary/aromatic N) is 2. The Bertz CT molecular complexity index is 540. The van der Waals surface area contributed by atoms with E-state index in [-0.39, 0.29) is 0 Å². The molecule has 1 N–H and O–H groups in total. The SMILES string of the molecule is CC(C)NCc1nnc(-c2ccc(Cl)cc2Cl)s1. The molecule has 0 fully saturated rings. The average Bonchev–Trinajstić information content (AvgIpc) is 2.75. The fraction of sp³-hybridized carbons (Fsp3) is 0.333. The molecule has 96 valence electrons. The van der Waals surface area contributed by atoms with Crippen molar-refractivity contribution in [3.8, 4) is 10.6 Å². The van der Waals surface area contributed by atoms with Gasteiger partial charge < -0.3 is 5.32 Å². The molecule has 3 nitrogen and oxygen atoms in total. The lowest BCUT2D eigenvalue weighted by molar-refractivity contribution is 0.585. The number of aromatic nitrogens is 2. The molecular formula is C12H13Cl2N3S. The van der Waals surface area contributed by atoms with E-state index >= 15 is 0 Å². The van der Waals surface area contributed by atoms with Gasteiger partial charge in [0.15, 0.2) is 0 Å². The van der Waals surface area contributed by atoms with Crippen LogP contribution in [0.3, 0.4) is 0 Å². The molecule has 1 aromatic heterocycles. The quantitative estimate of drug-likeness (QED) is 0.927. The molecule has 1 heterocycles. The van der Waals surface area contributed by atoms with Gasteiger partial charge in [0.2, 0.25) is 0 Å². The number of hydrogen-bond acceptors (Lipinski definition) is 4. The first kappa shape index (κ1) is 13.7. The van der Waals surface area contributed by atoms with Crippen LogP contribution in [-0.2, 0) is 6.54 Å². The van der Waals surface area contributed by atoms with Gasteiger partial charge >= 0.3 is 0 Å². The van der Waals surface area contributed by atoms with Crippen molar-refractivity contribution in [2.24, 2.45) is 0 Å². The molecule has 0 aliphatic carbocycles. The summed E-state index contributed by atoms with van der Waals surface area (Å²) in [5.41, 5.74) is 0.870. The highest BCUT2D eigenvalue weighted by molar-refractivity contribution is 7.14. The van der Waals surface area contributed by atoms with Crippen molar-refractivity contribution in [3.63, 3.8) is 0 Å². The molecule has 0 bridgehead atoms. The fourth-order valence-corrected chi connectivity index (χ4v) is 2.77. The first-order chi connectivity index (χ1) is 8.56. The first-order valence-corrected chi connectivity index (χ1v) is 7.14. The summed E-state index contributed by atoms with van der Waals surface area (Å²) in [4.78, 5) is 0. The topological polar surface area (TPSA) is 37.8 Å². The summed E-state index contributed by atoms with van der Waals surface area (Å²) in [6, 6.07) is 5.81. The molecule has 0 aliphatic heterocycles. The van der Waals surface area contributed by atoms with E-state index in [0.717, 1.165) is 22.1 Å². The molecule has 1 aromatic carbocycles. The maximum Gasteiger partial charge on any atom is 0.149 e. The van der Waals surface area contributed by atoms with Crippen LogP contribution < -0.4 is 5.32 Å². The van der Waals surface area contributed by atoms with Crippen LogP contribution in [0.1, 0.15) is 18.9 Å². The third kappa shape index (κ3) is 3.42. The Balaban J connectivity index is 2.18. The minimum absolute atomic E-state index is 0.427. The van der Waals surface area contributed by atoms with Crippen molar-refractivity contribution in [3.05, 3.63) is 33.3 Å². The lowest BCUT2D eigenvalue weighted by Gasteiger charge is -2.03. The Morgan fingerprint density at radius 1 is 1.28 bits per heavy atom. The lowest BCUT2D eigenvalue weighted by Crippen LogP contribution is -2.21. The van der Waals surface area contributed by atoms with Crippen LogP contribution in [0.2, 0.25) is 10.0 Å². The second-order valence-corrected chi connectivity index (χ2v) is 6.07. The summed E-state index contributed by atoms with van der Waals surface area (Å²) in [7, 11) is 0. The summed E-state index contributed by atoms with van der Waals surface area (Å²) < 4.78 is 0. The van der Waals surface area contributed by atoms with Gasteiger partial charge in [-0.05, 0) is 18.2 Å². The van der Waals surface area contributed by atoms with Gasteiger partial charge in [0.05, 0.1) is 5.02 Å². The third-order valence-corrected chi connectivity index (χ3v) is 3.79. The molecule has 18 heavy (non-hydrogen) atoms. The predicted octanol–water partition coefficient (Wildman–Crippen LogP) is 4.01. The van der Waals surface area contributed by atoms with Crippen LogP contribution >= 0.6 is 34.5 Å². The zero-order valence-corrected chi connectivity index (χ0v) is 12.4. The van der Waals surface area contributed by atoms with Crippen LogP contribution in [0.15, 0.2) is 18.2 Å². The van der Waals surface area contributed by atoms with Gasteiger partial charge in [-0.2, -0.15) is 0 Å². The highest BCUT2D eigenvalue weighted by Gasteiger charge is 2.10. The van der Waals surface area contributed by atoms with Crippen molar-refractivity contribution < 1.29 is 0 Å². The lowest BCUT2D eigenvalue weighted by atomic mass is 10.2. The number of benzene rings is 1. The van der Waals surface area contributed by atoms with Crippen molar-refractivity contribution in [2.45, 2.75) is 26.4 Å². The van der Waals surface area contributed by atoms with E-state index in [1.807, 2.05) is 6.07 Å². The molecule has 2 aromatic rings. The largest absolute Gasteiger partial charge is 0.308 e. The number of hydrogen-bond donors (Lipinski definition) is 1. The van der Waals surface area contributed by atoms with E-state index in [0.29, 0.717) is 16.1 Å².